The molecular formula is C24H21FN4O7. The van der Waals surface area contributed by atoms with Gasteiger partial charge in [-0.25, -0.2) is 9.18 Å². The lowest BCUT2D eigenvalue weighted by Gasteiger charge is -2.36. The summed E-state index contributed by atoms with van der Waals surface area (Å²) in [7, 11) is 0. The molecule has 0 atom stereocenters. The number of nitro benzene ring substituents is 1. The molecule has 36 heavy (non-hydrogen) atoms. The molecule has 0 unspecified atom stereocenters. The van der Waals surface area contributed by atoms with Crippen LogP contribution < -0.4 is 15.1 Å². The third-order valence-electron chi connectivity index (χ3n) is 6.44. The van der Waals surface area contributed by atoms with E-state index in [-0.39, 0.29) is 34.5 Å². The van der Waals surface area contributed by atoms with Crippen molar-refractivity contribution in [1.29, 1.82) is 0 Å². The molecule has 2 fully saturated rings. The number of carbonyl (C=O) groups excluding carboxylic acids is 1. The Hall–Kier alpha value is -4.48. The number of pyridine rings is 1. The number of carbonyl (C=O) groups is 2. The molecule has 11 nitrogen and oxygen atoms in total. The van der Waals surface area contributed by atoms with E-state index in [1.165, 1.54) is 30.5 Å². The van der Waals surface area contributed by atoms with Crippen molar-refractivity contribution >= 4 is 34.3 Å². The number of hydrogen-bond donors (Lipinski definition) is 1. The average molecular weight is 496 g/mol. The fraction of sp³-hybridized carbons (Fsp3) is 0.292. The number of piperazine rings is 1. The van der Waals surface area contributed by atoms with E-state index in [2.05, 4.69) is 4.74 Å². The summed E-state index contributed by atoms with van der Waals surface area (Å²) in [6.07, 6.45) is 1.44. The summed E-state index contributed by atoms with van der Waals surface area (Å²) < 4.78 is 21.6. The zero-order valence-electron chi connectivity index (χ0n) is 18.9. The highest BCUT2D eigenvalue weighted by atomic mass is 19.1. The number of non-ortho nitro benzene ring substituents is 1. The number of amides is 1. The van der Waals surface area contributed by atoms with Gasteiger partial charge in [-0.2, -0.15) is 0 Å². The van der Waals surface area contributed by atoms with Gasteiger partial charge in [0.2, 0.25) is 5.43 Å². The van der Waals surface area contributed by atoms with E-state index >= 15 is 4.39 Å². The molecule has 1 N–H and O–H groups in total. The predicted molar refractivity (Wildman–Crippen MR) is 126 cm³/mol. The van der Waals surface area contributed by atoms with Crippen LogP contribution in [-0.2, 0) is 0 Å². The van der Waals surface area contributed by atoms with Crippen LogP contribution in [-0.4, -0.2) is 57.7 Å². The zero-order valence-corrected chi connectivity index (χ0v) is 18.9. The molecular weight excluding hydrogens is 475 g/mol. The van der Waals surface area contributed by atoms with Gasteiger partial charge in [0.15, 0.2) is 5.75 Å². The zero-order chi connectivity index (χ0) is 25.6. The Morgan fingerprint density at radius 1 is 1.08 bits per heavy atom. The first-order chi connectivity index (χ1) is 17.2. The van der Waals surface area contributed by atoms with E-state index in [0.717, 1.165) is 18.9 Å². The van der Waals surface area contributed by atoms with Crippen LogP contribution in [0.15, 0.2) is 47.4 Å². The lowest BCUT2D eigenvalue weighted by Crippen LogP contribution is -2.49. The van der Waals surface area contributed by atoms with Gasteiger partial charge < -0.3 is 24.2 Å². The molecule has 1 aliphatic heterocycles. The van der Waals surface area contributed by atoms with Crippen LogP contribution in [0.3, 0.4) is 0 Å². The molecule has 12 heteroatoms. The molecule has 1 saturated heterocycles. The fourth-order valence-electron chi connectivity index (χ4n) is 4.46. The van der Waals surface area contributed by atoms with Crippen LogP contribution >= 0.6 is 0 Å². The van der Waals surface area contributed by atoms with E-state index < -0.39 is 22.3 Å². The molecule has 186 valence electrons. The van der Waals surface area contributed by atoms with Crippen molar-refractivity contribution in [2.45, 2.75) is 18.9 Å². The Balaban J connectivity index is 1.39. The Kier molecular flexibility index (Phi) is 5.78. The van der Waals surface area contributed by atoms with Gasteiger partial charge in [-0.05, 0) is 37.1 Å². The molecule has 1 aromatic heterocycles. The first-order valence-electron chi connectivity index (χ1n) is 11.3. The maximum atomic E-state index is 15.2. The number of nitro groups is 1. The second-order valence-electron chi connectivity index (χ2n) is 8.73. The number of halogens is 1. The van der Waals surface area contributed by atoms with Crippen molar-refractivity contribution in [3.05, 3.63) is 74.3 Å². The van der Waals surface area contributed by atoms with Gasteiger partial charge in [0.05, 0.1) is 27.7 Å². The molecule has 2 heterocycles. The molecule has 2 aromatic carbocycles. The Bertz CT molecular complexity index is 1440. The maximum absolute atomic E-state index is 15.2. The number of fused-ring (bicyclic) bond motifs is 1. The molecule has 0 bridgehead atoms. The van der Waals surface area contributed by atoms with Crippen LogP contribution in [0, 0.1) is 15.9 Å². The number of nitrogens with zero attached hydrogens (tertiary/aromatic N) is 4. The SMILES string of the molecule is O=C(O)Oc1cn(C2CC2)c2cc(N3CCN(C(=O)c4ccc([N+](=O)[O-])cc4)CC3)c(F)cc2c1=O. The Labute approximate surface area is 203 Å². The number of aromatic nitrogens is 1. The minimum atomic E-state index is -1.62. The van der Waals surface area contributed by atoms with Crippen LogP contribution in [0.1, 0.15) is 29.2 Å². The Morgan fingerprint density at radius 2 is 1.75 bits per heavy atom. The largest absolute Gasteiger partial charge is 0.511 e. The van der Waals surface area contributed by atoms with E-state index in [9.17, 15) is 24.5 Å². The van der Waals surface area contributed by atoms with E-state index in [1.54, 1.807) is 20.4 Å². The van der Waals surface area contributed by atoms with Crippen LogP contribution in [0.25, 0.3) is 10.9 Å². The average Bonchev–Trinajstić information content (AvgIpc) is 3.71. The minimum absolute atomic E-state index is 0.0360. The molecule has 1 saturated carbocycles. The highest BCUT2D eigenvalue weighted by Gasteiger charge is 2.29. The first kappa shape index (κ1) is 23.3. The van der Waals surface area contributed by atoms with Crippen molar-refractivity contribution < 1.29 is 28.7 Å². The van der Waals surface area contributed by atoms with Crippen LogP contribution in [0.2, 0.25) is 0 Å². The summed E-state index contributed by atoms with van der Waals surface area (Å²) in [5.74, 6) is -1.27. The van der Waals surface area contributed by atoms with Crippen LogP contribution in [0.5, 0.6) is 5.75 Å². The lowest BCUT2D eigenvalue weighted by atomic mass is 10.1. The van der Waals surface area contributed by atoms with Crippen molar-refractivity contribution in [1.82, 2.24) is 9.47 Å². The molecule has 3 aromatic rings. The van der Waals surface area contributed by atoms with E-state index in [0.29, 0.717) is 37.3 Å². The van der Waals surface area contributed by atoms with E-state index in [1.807, 2.05) is 0 Å². The number of ether oxygens (including phenoxy) is 1. The van der Waals surface area contributed by atoms with Crippen molar-refractivity contribution in [2.75, 3.05) is 31.1 Å². The van der Waals surface area contributed by atoms with Gasteiger partial charge in [-0.1, -0.05) is 0 Å². The molecule has 1 aliphatic carbocycles. The lowest BCUT2D eigenvalue weighted by molar-refractivity contribution is -0.384. The molecule has 0 radical (unpaired) electrons. The van der Waals surface area contributed by atoms with Gasteiger partial charge in [-0.15, -0.1) is 0 Å². The van der Waals surface area contributed by atoms with Gasteiger partial charge >= 0.3 is 6.16 Å². The summed E-state index contributed by atoms with van der Waals surface area (Å²) in [5, 5.41) is 19.8. The van der Waals surface area contributed by atoms with Crippen molar-refractivity contribution in [3.8, 4) is 5.75 Å². The van der Waals surface area contributed by atoms with Gasteiger partial charge in [0.1, 0.15) is 5.82 Å². The highest BCUT2D eigenvalue weighted by Crippen LogP contribution is 2.39. The fourth-order valence-corrected chi connectivity index (χ4v) is 4.46. The number of rotatable bonds is 5. The third-order valence-corrected chi connectivity index (χ3v) is 6.44. The van der Waals surface area contributed by atoms with Crippen molar-refractivity contribution in [3.63, 3.8) is 0 Å². The van der Waals surface area contributed by atoms with Gasteiger partial charge in [0, 0.05) is 49.9 Å². The Morgan fingerprint density at radius 3 is 2.33 bits per heavy atom. The first-order valence-corrected chi connectivity index (χ1v) is 11.3. The molecule has 2 aliphatic rings. The number of anilines is 1. The third kappa shape index (κ3) is 4.32. The number of benzene rings is 2. The smallest absolute Gasteiger partial charge is 0.449 e. The summed E-state index contributed by atoms with van der Waals surface area (Å²) in [6.45, 7) is 1.31. The second kappa shape index (κ2) is 8.95. The summed E-state index contributed by atoms with van der Waals surface area (Å²) in [4.78, 5) is 50.2. The summed E-state index contributed by atoms with van der Waals surface area (Å²) in [6, 6.07) is 8.14. The summed E-state index contributed by atoms with van der Waals surface area (Å²) in [5.41, 5.74) is 0.299. The molecule has 0 spiro atoms. The number of carboxylic acid groups (broad SMARTS) is 1. The minimum Gasteiger partial charge on any atom is -0.449 e. The normalized spacial score (nSPS) is 15.7. The number of hydrogen-bond acceptors (Lipinski definition) is 7. The van der Waals surface area contributed by atoms with Crippen LogP contribution in [0.4, 0.5) is 20.6 Å². The molecule has 5 rings (SSSR count). The predicted octanol–water partition coefficient (Wildman–Crippen LogP) is 3.40. The maximum Gasteiger partial charge on any atom is 0.511 e. The quantitative estimate of drug-likeness (QED) is 0.323. The molecule has 1 amide bonds. The van der Waals surface area contributed by atoms with Crippen molar-refractivity contribution in [2.24, 2.45) is 0 Å². The van der Waals surface area contributed by atoms with Gasteiger partial charge in [0.25, 0.3) is 11.6 Å². The standard InChI is InChI=1S/C24H21FN4O7/c25-18-11-17-19(28(15-5-6-15)13-21(22(17)30)36-24(32)33)12-20(18)26-7-9-27(10-8-26)23(31)14-1-3-16(4-2-14)29(34)35/h1-4,11-13,15H,5-10H2,(H,32,33). The topological polar surface area (TPSA) is 135 Å². The van der Waals surface area contributed by atoms with Gasteiger partial charge in [-0.3, -0.25) is 19.7 Å². The monoisotopic (exact) mass is 496 g/mol. The highest BCUT2D eigenvalue weighted by molar-refractivity contribution is 5.94. The second-order valence-corrected chi connectivity index (χ2v) is 8.73. The van der Waals surface area contributed by atoms with E-state index in [4.69, 9.17) is 5.11 Å². The summed E-state index contributed by atoms with van der Waals surface area (Å²) >= 11 is 0.